The molecule has 3 aromatic rings. The molecule has 0 heterocycles. The van der Waals surface area contributed by atoms with Crippen LogP contribution < -0.4 is 5.73 Å². The molecule has 0 aliphatic heterocycles. The van der Waals surface area contributed by atoms with E-state index >= 15 is 0 Å². The summed E-state index contributed by atoms with van der Waals surface area (Å²) in [5, 5.41) is 0. The van der Waals surface area contributed by atoms with Gasteiger partial charge in [-0.25, -0.2) is 4.99 Å². The summed E-state index contributed by atoms with van der Waals surface area (Å²) in [4.78, 5) is 9.76. The smallest absolute Gasteiger partial charge is 0.157 e. The Kier molecular flexibility index (Phi) is 8.62. The van der Waals surface area contributed by atoms with E-state index in [4.69, 9.17) is 15.7 Å². The Morgan fingerprint density at radius 1 is 0.946 bits per heavy atom. The molecule has 3 heteroatoms. The van der Waals surface area contributed by atoms with Gasteiger partial charge in [-0.2, -0.15) is 0 Å². The molecule has 184 valence electrons. The molecule has 0 saturated carbocycles. The van der Waals surface area contributed by atoms with Gasteiger partial charge in [0.1, 0.15) is 5.84 Å². The number of nitrogens with two attached hydrogens (primary N) is 1. The number of hydrogen-bond acceptors (Lipinski definition) is 1. The highest BCUT2D eigenvalue weighted by atomic mass is 15.0. The maximum absolute atomic E-state index is 6.55. The lowest BCUT2D eigenvalue weighted by Gasteiger charge is -2.14. The Morgan fingerprint density at radius 2 is 1.70 bits per heavy atom. The van der Waals surface area contributed by atoms with Gasteiger partial charge in [-0.15, -0.1) is 0 Å². The van der Waals surface area contributed by atoms with E-state index in [1.165, 1.54) is 5.57 Å². The van der Waals surface area contributed by atoms with Crippen molar-refractivity contribution in [2.24, 2.45) is 15.7 Å². The summed E-state index contributed by atoms with van der Waals surface area (Å²) in [6.07, 6.45) is 12.0. The van der Waals surface area contributed by atoms with E-state index < -0.39 is 0 Å². The predicted octanol–water partition coefficient (Wildman–Crippen LogP) is 7.76. The van der Waals surface area contributed by atoms with Crippen molar-refractivity contribution in [1.29, 1.82) is 0 Å². The minimum Gasteiger partial charge on any atom is -0.383 e. The Hall–Kier alpha value is -4.50. The molecule has 0 amide bonds. The second-order valence-corrected chi connectivity index (χ2v) is 9.06. The zero-order valence-corrected chi connectivity index (χ0v) is 21.4. The summed E-state index contributed by atoms with van der Waals surface area (Å²) in [6, 6.07) is 26.6. The molecule has 1 aliphatic rings. The number of rotatable bonds is 8. The Balaban J connectivity index is 1.65. The second kappa shape index (κ2) is 12.5. The first-order chi connectivity index (χ1) is 18.0. The van der Waals surface area contributed by atoms with E-state index in [0.29, 0.717) is 18.2 Å². The predicted molar refractivity (Wildman–Crippen MR) is 159 cm³/mol. The van der Waals surface area contributed by atoms with Gasteiger partial charge in [-0.3, -0.25) is 4.99 Å². The minimum absolute atomic E-state index is 0.440. The third-order valence-electron chi connectivity index (χ3n) is 6.21. The first-order valence-corrected chi connectivity index (χ1v) is 12.5. The molecular weight excluding hydrogens is 450 g/mol. The monoisotopic (exact) mass is 483 g/mol. The number of allylic oxidation sites excluding steroid dienone is 6. The first-order valence-electron chi connectivity index (χ1n) is 12.5. The fourth-order valence-corrected chi connectivity index (χ4v) is 4.23. The van der Waals surface area contributed by atoms with Gasteiger partial charge in [0.25, 0.3) is 0 Å². The van der Waals surface area contributed by atoms with Crippen LogP contribution in [0.5, 0.6) is 0 Å². The molecule has 1 aliphatic carbocycles. The average molecular weight is 484 g/mol. The third-order valence-corrected chi connectivity index (χ3v) is 6.21. The summed E-state index contributed by atoms with van der Waals surface area (Å²) in [7, 11) is 0. The maximum atomic E-state index is 6.55. The highest BCUT2D eigenvalue weighted by Gasteiger charge is 2.10. The van der Waals surface area contributed by atoms with Crippen LogP contribution in [0, 0.1) is 6.92 Å². The molecule has 0 fully saturated rings. The average Bonchev–Trinajstić information content (AvgIpc) is 2.94. The number of benzene rings is 3. The number of nitrogens with zero attached hydrogens (tertiary/aromatic N) is 2. The molecule has 3 aromatic carbocycles. The number of hydrogen-bond donors (Lipinski definition) is 1. The minimum atomic E-state index is 0.440. The quantitative estimate of drug-likeness (QED) is 0.199. The molecular formula is C34H33N3. The molecule has 3 nitrogen and oxygen atoms in total. The van der Waals surface area contributed by atoms with Gasteiger partial charge in [0.05, 0.1) is 6.54 Å². The topological polar surface area (TPSA) is 50.7 Å². The van der Waals surface area contributed by atoms with Crippen LogP contribution in [0.3, 0.4) is 0 Å². The Bertz CT molecular complexity index is 1430. The van der Waals surface area contributed by atoms with Crippen LogP contribution in [-0.4, -0.2) is 18.2 Å². The summed E-state index contributed by atoms with van der Waals surface area (Å²) in [5.74, 6) is 1.06. The van der Waals surface area contributed by atoms with E-state index in [1.807, 2.05) is 54.6 Å². The zero-order valence-electron chi connectivity index (χ0n) is 21.4. The van der Waals surface area contributed by atoms with Crippen LogP contribution in [0.4, 0.5) is 0 Å². The van der Waals surface area contributed by atoms with E-state index in [9.17, 15) is 0 Å². The molecule has 0 bridgehead atoms. The van der Waals surface area contributed by atoms with Crippen molar-refractivity contribution < 1.29 is 0 Å². The van der Waals surface area contributed by atoms with E-state index in [1.54, 1.807) is 6.08 Å². The molecule has 37 heavy (non-hydrogen) atoms. The molecule has 0 aromatic heterocycles. The molecule has 0 saturated heterocycles. The second-order valence-electron chi connectivity index (χ2n) is 9.06. The fraction of sp³-hybridized carbons (Fsp3) is 0.118. The van der Waals surface area contributed by atoms with Gasteiger partial charge < -0.3 is 5.73 Å². The summed E-state index contributed by atoms with van der Waals surface area (Å²) in [6.45, 7) is 10.5. The van der Waals surface area contributed by atoms with Crippen molar-refractivity contribution in [2.45, 2.75) is 19.8 Å². The largest absolute Gasteiger partial charge is 0.383 e. The van der Waals surface area contributed by atoms with Gasteiger partial charge in [0.2, 0.25) is 0 Å². The standard InChI is InChI=1S/C34H33N3/c1-4-5-13-26(3)29-17-10-14-27(22-29)24-36-34(32-20-9-12-25(2)21-32)37-33(35)31-19-11-18-30(23-31)28-15-7-6-8-16-28/h4-9,11-16,18-23H,1,3,10,17,24H2,2H3,(H2,35,36,37)/b13-5-. The molecule has 2 N–H and O–H groups in total. The van der Waals surface area contributed by atoms with E-state index in [-0.39, 0.29) is 0 Å². The lowest BCUT2D eigenvalue weighted by Crippen LogP contribution is -2.17. The number of aryl methyl sites for hydroxylation is 1. The van der Waals surface area contributed by atoms with Crippen molar-refractivity contribution in [3.05, 3.63) is 156 Å². The summed E-state index contributed by atoms with van der Waals surface area (Å²) < 4.78 is 0. The molecule has 0 radical (unpaired) electrons. The summed E-state index contributed by atoms with van der Waals surface area (Å²) >= 11 is 0. The van der Waals surface area contributed by atoms with Crippen molar-refractivity contribution in [2.75, 3.05) is 6.54 Å². The molecule has 4 rings (SSSR count). The van der Waals surface area contributed by atoms with E-state index in [2.05, 4.69) is 68.6 Å². The Morgan fingerprint density at radius 3 is 2.49 bits per heavy atom. The van der Waals surface area contributed by atoms with Crippen molar-refractivity contribution in [1.82, 2.24) is 0 Å². The maximum Gasteiger partial charge on any atom is 0.157 e. The van der Waals surface area contributed by atoms with Crippen LogP contribution in [0.25, 0.3) is 11.1 Å². The van der Waals surface area contributed by atoms with Crippen LogP contribution in [0.2, 0.25) is 0 Å². The highest BCUT2D eigenvalue weighted by Crippen LogP contribution is 2.24. The highest BCUT2D eigenvalue weighted by molar-refractivity contribution is 6.11. The van der Waals surface area contributed by atoms with Crippen molar-refractivity contribution in [3.8, 4) is 11.1 Å². The molecule has 0 atom stereocenters. The van der Waals surface area contributed by atoms with Gasteiger partial charge in [-0.05, 0) is 59.7 Å². The number of amidine groups is 2. The van der Waals surface area contributed by atoms with Crippen LogP contribution in [0.1, 0.15) is 29.5 Å². The van der Waals surface area contributed by atoms with Gasteiger partial charge in [0.15, 0.2) is 5.84 Å². The normalized spacial score (nSPS) is 14.3. The van der Waals surface area contributed by atoms with Crippen LogP contribution in [0.15, 0.2) is 149 Å². The van der Waals surface area contributed by atoms with Crippen LogP contribution in [-0.2, 0) is 0 Å². The molecule has 0 spiro atoms. The van der Waals surface area contributed by atoms with Gasteiger partial charge >= 0.3 is 0 Å². The zero-order chi connectivity index (χ0) is 26.0. The van der Waals surface area contributed by atoms with E-state index in [0.717, 1.165) is 51.8 Å². The third kappa shape index (κ3) is 7.02. The van der Waals surface area contributed by atoms with Gasteiger partial charge in [-0.1, -0.05) is 116 Å². The van der Waals surface area contributed by atoms with Crippen molar-refractivity contribution >= 4 is 11.7 Å². The summed E-state index contributed by atoms with van der Waals surface area (Å²) in [5.41, 5.74) is 15.1. The first kappa shape index (κ1) is 25.6. The van der Waals surface area contributed by atoms with Crippen LogP contribution >= 0.6 is 0 Å². The fourth-order valence-electron chi connectivity index (χ4n) is 4.23. The molecule has 0 unspecified atom stereocenters. The number of aliphatic imine (C=N–C) groups is 2. The van der Waals surface area contributed by atoms with Gasteiger partial charge in [0, 0.05) is 11.1 Å². The lowest BCUT2D eigenvalue weighted by atomic mass is 9.94. The Labute approximate surface area is 220 Å². The van der Waals surface area contributed by atoms with Crippen molar-refractivity contribution in [3.63, 3.8) is 0 Å². The SMILES string of the molecule is C=C/C=C\C(=C)C1=CC(CN=C(N=C(N)c2cccc(-c3ccccc3)c2)c2cccc(C)c2)=CCC1. The lowest BCUT2D eigenvalue weighted by molar-refractivity contribution is 0.947.